The molecule has 0 spiro atoms. The Hall–Kier alpha value is -2.61. The summed E-state index contributed by atoms with van der Waals surface area (Å²) in [6.07, 6.45) is 2.97. The van der Waals surface area contributed by atoms with Gasteiger partial charge in [0.2, 0.25) is 0 Å². The summed E-state index contributed by atoms with van der Waals surface area (Å²) in [5, 5.41) is 0.966. The molecule has 0 aliphatic heterocycles. The second kappa shape index (κ2) is 5.17. The van der Waals surface area contributed by atoms with E-state index in [1.54, 1.807) is 0 Å². The molecule has 98 valence electrons. The Bertz CT molecular complexity index is 782. The third kappa shape index (κ3) is 1.95. The molecule has 20 heavy (non-hydrogen) atoms. The summed E-state index contributed by atoms with van der Waals surface area (Å²) in [6.45, 7) is 1.99. The van der Waals surface area contributed by atoms with Gasteiger partial charge in [-0.25, -0.2) is 0 Å². The van der Waals surface area contributed by atoms with Crippen molar-refractivity contribution in [2.24, 2.45) is 0 Å². The van der Waals surface area contributed by atoms with Crippen molar-refractivity contribution in [1.29, 1.82) is 0 Å². The third-order valence-electron chi connectivity index (χ3n) is 3.51. The molecule has 2 nitrogen and oxygen atoms in total. The molecule has 0 aliphatic rings. The van der Waals surface area contributed by atoms with E-state index in [9.17, 15) is 4.79 Å². The number of para-hydroxylation sites is 1. The van der Waals surface area contributed by atoms with Crippen LogP contribution in [0.25, 0.3) is 16.5 Å². The first-order valence-corrected chi connectivity index (χ1v) is 6.63. The SMILES string of the molecule is CC=C(c1ccccc1)c1[nH]c2ccccc2c1C=O. The molecule has 0 fully saturated rings. The van der Waals surface area contributed by atoms with Crippen LogP contribution in [0.4, 0.5) is 0 Å². The van der Waals surface area contributed by atoms with Crippen LogP contribution in [0.1, 0.15) is 28.5 Å². The van der Waals surface area contributed by atoms with Gasteiger partial charge in [0, 0.05) is 22.0 Å². The Kier molecular flexibility index (Phi) is 3.21. The Balaban J connectivity index is 2.25. The summed E-state index contributed by atoms with van der Waals surface area (Å²) in [5.74, 6) is 0. The fraction of sp³-hybridized carbons (Fsp3) is 0.0556. The number of H-pyrrole nitrogens is 1. The minimum absolute atomic E-state index is 0.720. The standard InChI is InChI=1S/C18H15NO/c1-2-14(13-8-4-3-5-9-13)18-16(12-20)15-10-6-7-11-17(15)19-18/h2-12,19H,1H3. The maximum Gasteiger partial charge on any atom is 0.152 e. The van der Waals surface area contributed by atoms with Crippen molar-refractivity contribution >= 4 is 22.8 Å². The number of hydrogen-bond acceptors (Lipinski definition) is 1. The quantitative estimate of drug-likeness (QED) is 0.695. The molecule has 1 heterocycles. The largest absolute Gasteiger partial charge is 0.354 e. The number of aromatic nitrogens is 1. The van der Waals surface area contributed by atoms with Crippen LogP contribution in [0.15, 0.2) is 60.7 Å². The molecule has 2 aromatic carbocycles. The number of nitrogens with one attached hydrogen (secondary N) is 1. The maximum absolute atomic E-state index is 11.5. The highest BCUT2D eigenvalue weighted by Crippen LogP contribution is 2.30. The van der Waals surface area contributed by atoms with Gasteiger partial charge in [0.15, 0.2) is 6.29 Å². The fourth-order valence-corrected chi connectivity index (χ4v) is 2.57. The Labute approximate surface area is 117 Å². The van der Waals surface area contributed by atoms with E-state index in [-0.39, 0.29) is 0 Å². The average Bonchev–Trinajstić information content (AvgIpc) is 2.87. The first-order valence-electron chi connectivity index (χ1n) is 6.63. The van der Waals surface area contributed by atoms with Gasteiger partial charge in [0.25, 0.3) is 0 Å². The normalized spacial score (nSPS) is 11.8. The molecule has 0 bridgehead atoms. The van der Waals surface area contributed by atoms with Crippen LogP contribution >= 0.6 is 0 Å². The van der Waals surface area contributed by atoms with E-state index in [0.717, 1.165) is 39.6 Å². The number of aromatic amines is 1. The number of carbonyl (C=O) groups is 1. The lowest BCUT2D eigenvalue weighted by atomic mass is 9.99. The Morgan fingerprint density at radius 1 is 1.00 bits per heavy atom. The smallest absolute Gasteiger partial charge is 0.152 e. The van der Waals surface area contributed by atoms with Gasteiger partial charge < -0.3 is 4.98 Å². The summed E-state index contributed by atoms with van der Waals surface area (Å²) in [6, 6.07) is 18.0. The summed E-state index contributed by atoms with van der Waals surface area (Å²) >= 11 is 0. The molecule has 1 aromatic heterocycles. The predicted molar refractivity (Wildman–Crippen MR) is 82.9 cm³/mol. The van der Waals surface area contributed by atoms with Gasteiger partial charge in [0.05, 0.1) is 5.69 Å². The van der Waals surface area contributed by atoms with Gasteiger partial charge in [-0.15, -0.1) is 0 Å². The van der Waals surface area contributed by atoms with Crippen molar-refractivity contribution in [2.45, 2.75) is 6.92 Å². The molecule has 0 saturated carbocycles. The minimum Gasteiger partial charge on any atom is -0.354 e. The number of benzene rings is 2. The Morgan fingerprint density at radius 2 is 1.70 bits per heavy atom. The molecule has 3 rings (SSSR count). The van der Waals surface area contributed by atoms with Crippen LogP contribution in [-0.4, -0.2) is 11.3 Å². The van der Waals surface area contributed by atoms with Crippen LogP contribution in [0.5, 0.6) is 0 Å². The monoisotopic (exact) mass is 261 g/mol. The van der Waals surface area contributed by atoms with Crippen molar-refractivity contribution < 1.29 is 4.79 Å². The molecule has 0 amide bonds. The molecule has 1 N–H and O–H groups in total. The maximum atomic E-state index is 11.5. The number of hydrogen-bond donors (Lipinski definition) is 1. The van der Waals surface area contributed by atoms with Gasteiger partial charge in [-0.1, -0.05) is 54.6 Å². The number of carbonyl (C=O) groups excluding carboxylic acids is 1. The fourth-order valence-electron chi connectivity index (χ4n) is 2.57. The van der Waals surface area contributed by atoms with E-state index in [4.69, 9.17) is 0 Å². The average molecular weight is 261 g/mol. The second-order valence-electron chi connectivity index (χ2n) is 4.65. The molecule has 2 heteroatoms. The first-order chi connectivity index (χ1) is 9.85. The van der Waals surface area contributed by atoms with Crippen molar-refractivity contribution in [2.75, 3.05) is 0 Å². The lowest BCUT2D eigenvalue weighted by Crippen LogP contribution is -1.92. The van der Waals surface area contributed by atoms with Crippen molar-refractivity contribution in [3.05, 3.63) is 77.5 Å². The topological polar surface area (TPSA) is 32.9 Å². The molecule has 0 atom stereocenters. The number of fused-ring (bicyclic) bond motifs is 1. The van der Waals surface area contributed by atoms with E-state index in [0.29, 0.717) is 0 Å². The van der Waals surface area contributed by atoms with Crippen molar-refractivity contribution in [1.82, 2.24) is 4.98 Å². The van der Waals surface area contributed by atoms with Crippen LogP contribution in [0, 0.1) is 0 Å². The van der Waals surface area contributed by atoms with Gasteiger partial charge >= 0.3 is 0 Å². The molecule has 0 radical (unpaired) electrons. The van der Waals surface area contributed by atoms with Gasteiger partial charge in [-0.2, -0.15) is 0 Å². The van der Waals surface area contributed by atoms with Crippen LogP contribution in [-0.2, 0) is 0 Å². The zero-order valence-electron chi connectivity index (χ0n) is 11.3. The van der Waals surface area contributed by atoms with Crippen molar-refractivity contribution in [3.8, 4) is 0 Å². The predicted octanol–water partition coefficient (Wildman–Crippen LogP) is 4.43. The van der Waals surface area contributed by atoms with Crippen molar-refractivity contribution in [3.63, 3.8) is 0 Å². The summed E-state index contributed by atoms with van der Waals surface area (Å²) in [7, 11) is 0. The molecule has 0 aliphatic carbocycles. The lowest BCUT2D eigenvalue weighted by molar-refractivity contribution is 0.112. The lowest BCUT2D eigenvalue weighted by Gasteiger charge is -2.06. The van der Waals surface area contributed by atoms with Gasteiger partial charge in [0.1, 0.15) is 0 Å². The molecule has 0 unspecified atom stereocenters. The van der Waals surface area contributed by atoms with Crippen LogP contribution in [0.2, 0.25) is 0 Å². The Morgan fingerprint density at radius 3 is 2.40 bits per heavy atom. The molecule has 3 aromatic rings. The first kappa shape index (κ1) is 12.4. The highest BCUT2D eigenvalue weighted by molar-refractivity contribution is 6.04. The number of allylic oxidation sites excluding steroid dienone is 1. The van der Waals surface area contributed by atoms with E-state index in [1.807, 2.05) is 55.5 Å². The van der Waals surface area contributed by atoms with E-state index >= 15 is 0 Å². The van der Waals surface area contributed by atoms with Gasteiger partial charge in [-0.3, -0.25) is 4.79 Å². The van der Waals surface area contributed by atoms with E-state index in [1.165, 1.54) is 0 Å². The zero-order valence-corrected chi connectivity index (χ0v) is 11.3. The second-order valence-corrected chi connectivity index (χ2v) is 4.65. The molecule has 0 saturated heterocycles. The minimum atomic E-state index is 0.720. The highest BCUT2D eigenvalue weighted by atomic mass is 16.1. The molecular formula is C18H15NO. The number of aldehydes is 1. The molecular weight excluding hydrogens is 246 g/mol. The number of rotatable bonds is 3. The van der Waals surface area contributed by atoms with E-state index in [2.05, 4.69) is 17.1 Å². The van der Waals surface area contributed by atoms with E-state index < -0.39 is 0 Å². The summed E-state index contributed by atoms with van der Waals surface area (Å²) in [5.41, 5.74) is 4.74. The van der Waals surface area contributed by atoms with Gasteiger partial charge in [-0.05, 0) is 18.6 Å². The highest BCUT2D eigenvalue weighted by Gasteiger charge is 2.14. The summed E-state index contributed by atoms with van der Waals surface area (Å²) in [4.78, 5) is 14.9. The van der Waals surface area contributed by atoms with Crippen LogP contribution < -0.4 is 0 Å². The van der Waals surface area contributed by atoms with Crippen LogP contribution in [0.3, 0.4) is 0 Å². The third-order valence-corrected chi connectivity index (χ3v) is 3.51. The zero-order chi connectivity index (χ0) is 13.9. The summed E-state index contributed by atoms with van der Waals surface area (Å²) < 4.78 is 0.